The van der Waals surface area contributed by atoms with Crippen molar-refractivity contribution >= 4 is 11.6 Å². The molecule has 0 aliphatic carbocycles. The zero-order valence-electron chi connectivity index (χ0n) is 14.1. The van der Waals surface area contributed by atoms with Gasteiger partial charge >= 0.3 is 0 Å². The molecule has 0 bridgehead atoms. The first-order chi connectivity index (χ1) is 10.7. The first-order valence-corrected chi connectivity index (χ1v) is 8.79. The maximum atomic E-state index is 6.45. The van der Waals surface area contributed by atoms with Gasteiger partial charge in [-0.2, -0.15) is 5.10 Å². The number of ether oxygens (including phenoxy) is 1. The van der Waals surface area contributed by atoms with Crippen molar-refractivity contribution in [2.45, 2.75) is 52.8 Å². The Kier molecular flexibility index (Phi) is 7.15. The average molecular weight is 329 g/mol. The lowest BCUT2D eigenvalue weighted by Crippen LogP contribution is -2.46. The molecule has 2 rings (SSSR count). The Morgan fingerprint density at radius 1 is 1.41 bits per heavy atom. The average Bonchev–Trinajstić information content (AvgIpc) is 2.80. The van der Waals surface area contributed by atoms with Crippen LogP contribution < -0.4 is 5.32 Å². The number of likely N-dealkylation sites (N-methyl/N-ethyl adjacent to an activating group) is 1. The minimum absolute atomic E-state index is 0.267. The summed E-state index contributed by atoms with van der Waals surface area (Å²) < 4.78 is 7.73. The van der Waals surface area contributed by atoms with Crippen LogP contribution in [0.4, 0.5) is 0 Å². The molecule has 0 radical (unpaired) electrons. The number of nitrogens with one attached hydrogen (secondary N) is 1. The minimum atomic E-state index is 0.267. The van der Waals surface area contributed by atoms with E-state index in [0.717, 1.165) is 75.1 Å². The molecule has 0 amide bonds. The molecule has 1 atom stereocenters. The standard InChI is InChI=1S/C16H29ClN4O/c1-4-6-7-21-16(17)15(13(3)19-21)11-18-10-14-12-20(5-2)8-9-22-14/h14,18H,4-12H2,1-3H3. The van der Waals surface area contributed by atoms with Crippen LogP contribution in [-0.2, 0) is 17.8 Å². The van der Waals surface area contributed by atoms with Gasteiger partial charge in [0.25, 0.3) is 0 Å². The summed E-state index contributed by atoms with van der Waals surface area (Å²) in [6, 6.07) is 0. The number of aryl methyl sites for hydroxylation is 2. The summed E-state index contributed by atoms with van der Waals surface area (Å²) in [4.78, 5) is 2.43. The normalized spacial score (nSPS) is 19.7. The molecule has 1 aromatic heterocycles. The van der Waals surface area contributed by atoms with E-state index < -0.39 is 0 Å². The van der Waals surface area contributed by atoms with Crippen molar-refractivity contribution in [3.05, 3.63) is 16.4 Å². The summed E-state index contributed by atoms with van der Waals surface area (Å²) in [6.07, 6.45) is 2.52. The van der Waals surface area contributed by atoms with Crippen molar-refractivity contribution in [2.24, 2.45) is 0 Å². The molecule has 22 heavy (non-hydrogen) atoms. The zero-order valence-corrected chi connectivity index (χ0v) is 14.8. The van der Waals surface area contributed by atoms with E-state index in [2.05, 4.69) is 29.2 Å². The largest absolute Gasteiger partial charge is 0.374 e. The highest BCUT2D eigenvalue weighted by Gasteiger charge is 2.19. The number of hydrogen-bond acceptors (Lipinski definition) is 4. The van der Waals surface area contributed by atoms with Crippen LogP contribution in [-0.4, -0.2) is 53.6 Å². The Morgan fingerprint density at radius 2 is 2.23 bits per heavy atom. The van der Waals surface area contributed by atoms with Gasteiger partial charge in [0.2, 0.25) is 0 Å². The lowest BCUT2D eigenvalue weighted by molar-refractivity contribution is -0.0253. The van der Waals surface area contributed by atoms with Crippen molar-refractivity contribution in [3.8, 4) is 0 Å². The van der Waals surface area contributed by atoms with E-state index in [4.69, 9.17) is 16.3 Å². The molecular formula is C16H29ClN4O. The Hall–Kier alpha value is -0.620. The third-order valence-electron chi connectivity index (χ3n) is 4.25. The number of hydrogen-bond donors (Lipinski definition) is 1. The molecule has 0 aromatic carbocycles. The van der Waals surface area contributed by atoms with Gasteiger partial charge < -0.3 is 10.1 Å². The molecule has 1 aliphatic heterocycles. The molecular weight excluding hydrogens is 300 g/mol. The second kappa shape index (κ2) is 8.87. The molecule has 1 N–H and O–H groups in total. The topological polar surface area (TPSA) is 42.3 Å². The van der Waals surface area contributed by atoms with Crippen molar-refractivity contribution in [1.82, 2.24) is 20.0 Å². The molecule has 1 aromatic rings. The van der Waals surface area contributed by atoms with Gasteiger partial charge in [0, 0.05) is 38.3 Å². The van der Waals surface area contributed by atoms with E-state index in [1.807, 2.05) is 11.6 Å². The number of aromatic nitrogens is 2. The van der Waals surface area contributed by atoms with Crippen molar-refractivity contribution in [2.75, 3.05) is 32.8 Å². The number of nitrogens with zero attached hydrogens (tertiary/aromatic N) is 3. The van der Waals surface area contributed by atoms with Crippen molar-refractivity contribution in [1.29, 1.82) is 0 Å². The predicted octanol–water partition coefficient (Wildman–Crippen LogP) is 2.46. The van der Waals surface area contributed by atoms with E-state index in [1.54, 1.807) is 0 Å². The van der Waals surface area contributed by atoms with E-state index in [-0.39, 0.29) is 6.10 Å². The van der Waals surface area contributed by atoms with Crippen molar-refractivity contribution in [3.63, 3.8) is 0 Å². The van der Waals surface area contributed by atoms with Gasteiger partial charge in [-0.1, -0.05) is 31.9 Å². The second-order valence-corrected chi connectivity index (χ2v) is 6.31. The summed E-state index contributed by atoms with van der Waals surface area (Å²) in [5.74, 6) is 0. The van der Waals surface area contributed by atoms with Crippen LogP contribution in [0.15, 0.2) is 0 Å². The number of unbranched alkanes of at least 4 members (excludes halogenated alkanes) is 1. The fourth-order valence-corrected chi connectivity index (χ4v) is 3.12. The molecule has 5 nitrogen and oxygen atoms in total. The SMILES string of the molecule is CCCCn1nc(C)c(CNCC2CN(CC)CCO2)c1Cl. The quantitative estimate of drug-likeness (QED) is 0.796. The van der Waals surface area contributed by atoms with Crippen LogP contribution in [0.25, 0.3) is 0 Å². The van der Waals surface area contributed by atoms with E-state index >= 15 is 0 Å². The number of halogens is 1. The van der Waals surface area contributed by atoms with Crippen LogP contribution in [0.3, 0.4) is 0 Å². The van der Waals surface area contributed by atoms with Gasteiger partial charge in [0.05, 0.1) is 18.4 Å². The smallest absolute Gasteiger partial charge is 0.131 e. The monoisotopic (exact) mass is 328 g/mol. The van der Waals surface area contributed by atoms with Gasteiger partial charge in [-0.25, -0.2) is 0 Å². The lowest BCUT2D eigenvalue weighted by atomic mass is 10.2. The molecule has 1 saturated heterocycles. The highest BCUT2D eigenvalue weighted by atomic mass is 35.5. The molecule has 2 heterocycles. The van der Waals surface area contributed by atoms with Crippen molar-refractivity contribution < 1.29 is 4.74 Å². The van der Waals surface area contributed by atoms with Gasteiger partial charge in [0.15, 0.2) is 0 Å². The minimum Gasteiger partial charge on any atom is -0.374 e. The Labute approximate surface area is 139 Å². The number of rotatable bonds is 8. The van der Waals surface area contributed by atoms with Gasteiger partial charge in [-0.15, -0.1) is 0 Å². The second-order valence-electron chi connectivity index (χ2n) is 5.95. The summed E-state index contributed by atoms with van der Waals surface area (Å²) in [5.41, 5.74) is 2.13. The van der Waals surface area contributed by atoms with Gasteiger partial charge in [0.1, 0.15) is 5.15 Å². The summed E-state index contributed by atoms with van der Waals surface area (Å²) in [5, 5.41) is 8.80. The Bertz CT molecular complexity index is 463. The van der Waals surface area contributed by atoms with E-state index in [0.29, 0.717) is 0 Å². The first kappa shape index (κ1) is 17.7. The highest BCUT2D eigenvalue weighted by molar-refractivity contribution is 6.30. The number of morpholine rings is 1. The predicted molar refractivity (Wildman–Crippen MR) is 90.4 cm³/mol. The third-order valence-corrected chi connectivity index (χ3v) is 4.67. The first-order valence-electron chi connectivity index (χ1n) is 8.42. The summed E-state index contributed by atoms with van der Waals surface area (Å²) >= 11 is 6.45. The molecule has 126 valence electrons. The molecule has 0 saturated carbocycles. The third kappa shape index (κ3) is 4.69. The molecule has 1 fully saturated rings. The van der Waals surface area contributed by atoms with E-state index in [9.17, 15) is 0 Å². The maximum Gasteiger partial charge on any atom is 0.131 e. The lowest BCUT2D eigenvalue weighted by Gasteiger charge is -2.32. The summed E-state index contributed by atoms with van der Waals surface area (Å²) in [6.45, 7) is 12.9. The van der Waals surface area contributed by atoms with Crippen LogP contribution in [0, 0.1) is 6.92 Å². The maximum absolute atomic E-state index is 6.45. The van der Waals surface area contributed by atoms with Gasteiger partial charge in [-0.05, 0) is 19.9 Å². The van der Waals surface area contributed by atoms with Gasteiger partial charge in [-0.3, -0.25) is 9.58 Å². The molecule has 1 aliphatic rings. The fraction of sp³-hybridized carbons (Fsp3) is 0.812. The summed E-state index contributed by atoms with van der Waals surface area (Å²) in [7, 11) is 0. The molecule has 6 heteroatoms. The van der Waals surface area contributed by atoms with Crippen LogP contribution >= 0.6 is 11.6 Å². The van der Waals surface area contributed by atoms with Crippen LogP contribution in [0.1, 0.15) is 37.9 Å². The van der Waals surface area contributed by atoms with E-state index in [1.165, 1.54) is 0 Å². The Balaban J connectivity index is 1.82. The molecule has 1 unspecified atom stereocenters. The zero-order chi connectivity index (χ0) is 15.9. The fourth-order valence-electron chi connectivity index (χ4n) is 2.80. The molecule has 0 spiro atoms. The highest BCUT2D eigenvalue weighted by Crippen LogP contribution is 2.20. The van der Waals surface area contributed by atoms with Crippen LogP contribution in [0.5, 0.6) is 0 Å². The van der Waals surface area contributed by atoms with Crippen LogP contribution in [0.2, 0.25) is 5.15 Å². The Morgan fingerprint density at radius 3 is 2.95 bits per heavy atom.